The van der Waals surface area contributed by atoms with Crippen LogP contribution in [0, 0.1) is 0 Å². The van der Waals surface area contributed by atoms with Crippen molar-refractivity contribution in [1.29, 1.82) is 0 Å². The maximum absolute atomic E-state index is 10.8. The first-order chi connectivity index (χ1) is 8.97. The molecular formula is C14H21ClN2O2. The van der Waals surface area contributed by atoms with E-state index in [9.17, 15) is 4.79 Å². The number of carbonyl (C=O) groups is 1. The smallest absolute Gasteiger partial charge is 0.335 e. The third kappa shape index (κ3) is 4.73. The van der Waals surface area contributed by atoms with Gasteiger partial charge in [-0.05, 0) is 38.2 Å². The summed E-state index contributed by atoms with van der Waals surface area (Å²) >= 11 is 6.08. The standard InChI is InChI=1S/C14H21ClN2O2/c1-4-17(5-2)9-10(3)16-13-7-6-11(14(18)19)8-12(13)15/h6-8,10,16H,4-5,9H2,1-3H3,(H,18,19). The average molecular weight is 285 g/mol. The number of carboxylic acid groups (broad SMARTS) is 1. The number of carboxylic acids is 1. The molecular weight excluding hydrogens is 264 g/mol. The van der Waals surface area contributed by atoms with E-state index in [1.54, 1.807) is 12.1 Å². The highest BCUT2D eigenvalue weighted by molar-refractivity contribution is 6.33. The molecule has 0 aliphatic heterocycles. The summed E-state index contributed by atoms with van der Waals surface area (Å²) in [6.45, 7) is 9.28. The molecule has 0 radical (unpaired) electrons. The highest BCUT2D eigenvalue weighted by Gasteiger charge is 2.11. The SMILES string of the molecule is CCN(CC)CC(C)Nc1ccc(C(=O)O)cc1Cl. The van der Waals surface area contributed by atoms with Crippen LogP contribution in [0.3, 0.4) is 0 Å². The number of anilines is 1. The van der Waals surface area contributed by atoms with Gasteiger partial charge in [0.2, 0.25) is 0 Å². The second-order valence-electron chi connectivity index (χ2n) is 4.53. The fourth-order valence-corrected chi connectivity index (χ4v) is 2.18. The molecule has 0 amide bonds. The highest BCUT2D eigenvalue weighted by atomic mass is 35.5. The van der Waals surface area contributed by atoms with Crippen molar-refractivity contribution in [2.24, 2.45) is 0 Å². The van der Waals surface area contributed by atoms with Crippen LogP contribution in [0.1, 0.15) is 31.1 Å². The van der Waals surface area contributed by atoms with Gasteiger partial charge in [0.05, 0.1) is 16.3 Å². The average Bonchev–Trinajstić information content (AvgIpc) is 2.38. The van der Waals surface area contributed by atoms with Crippen LogP contribution in [-0.4, -0.2) is 41.7 Å². The van der Waals surface area contributed by atoms with Crippen molar-refractivity contribution in [2.45, 2.75) is 26.8 Å². The van der Waals surface area contributed by atoms with Crippen LogP contribution >= 0.6 is 11.6 Å². The zero-order valence-electron chi connectivity index (χ0n) is 11.6. The minimum Gasteiger partial charge on any atom is -0.478 e. The number of rotatable bonds is 7. The Morgan fingerprint density at radius 2 is 2.05 bits per heavy atom. The Hall–Kier alpha value is -1.26. The third-order valence-electron chi connectivity index (χ3n) is 3.04. The Bertz CT molecular complexity index is 433. The molecule has 19 heavy (non-hydrogen) atoms. The molecule has 1 aromatic rings. The van der Waals surface area contributed by atoms with Crippen molar-refractivity contribution in [1.82, 2.24) is 4.90 Å². The van der Waals surface area contributed by atoms with Crippen LogP contribution in [0.25, 0.3) is 0 Å². The van der Waals surface area contributed by atoms with Crippen LogP contribution in [0.5, 0.6) is 0 Å². The van der Waals surface area contributed by atoms with E-state index in [-0.39, 0.29) is 11.6 Å². The monoisotopic (exact) mass is 284 g/mol. The Balaban J connectivity index is 2.69. The van der Waals surface area contributed by atoms with E-state index in [0.717, 1.165) is 25.3 Å². The summed E-state index contributed by atoms with van der Waals surface area (Å²) in [7, 11) is 0. The minimum atomic E-state index is -0.968. The Kier molecular flexibility index (Phi) is 6.12. The molecule has 0 fully saturated rings. The van der Waals surface area contributed by atoms with E-state index in [4.69, 9.17) is 16.7 Å². The lowest BCUT2D eigenvalue weighted by atomic mass is 10.2. The van der Waals surface area contributed by atoms with Crippen LogP contribution in [0.15, 0.2) is 18.2 Å². The Morgan fingerprint density at radius 1 is 1.42 bits per heavy atom. The van der Waals surface area contributed by atoms with E-state index in [2.05, 4.69) is 31.0 Å². The molecule has 0 saturated carbocycles. The molecule has 2 N–H and O–H groups in total. The summed E-state index contributed by atoms with van der Waals surface area (Å²) in [6.07, 6.45) is 0. The fourth-order valence-electron chi connectivity index (χ4n) is 1.95. The topological polar surface area (TPSA) is 52.6 Å². The number of benzene rings is 1. The van der Waals surface area contributed by atoms with Gasteiger partial charge < -0.3 is 15.3 Å². The van der Waals surface area contributed by atoms with Gasteiger partial charge in [-0.3, -0.25) is 0 Å². The maximum atomic E-state index is 10.8. The predicted octanol–water partition coefficient (Wildman–Crippen LogP) is 3.18. The van der Waals surface area contributed by atoms with Gasteiger partial charge in [0, 0.05) is 12.6 Å². The Labute approximate surface area is 119 Å². The van der Waals surface area contributed by atoms with Gasteiger partial charge in [0.15, 0.2) is 0 Å². The number of halogens is 1. The van der Waals surface area contributed by atoms with Gasteiger partial charge in [-0.2, -0.15) is 0 Å². The van der Waals surface area contributed by atoms with E-state index in [1.807, 2.05) is 0 Å². The lowest BCUT2D eigenvalue weighted by Crippen LogP contribution is -2.34. The third-order valence-corrected chi connectivity index (χ3v) is 3.36. The summed E-state index contributed by atoms with van der Waals surface area (Å²) in [5, 5.41) is 12.6. The van der Waals surface area contributed by atoms with Gasteiger partial charge in [-0.25, -0.2) is 4.79 Å². The summed E-state index contributed by atoms with van der Waals surface area (Å²) in [5.41, 5.74) is 0.971. The molecule has 1 aromatic carbocycles. The second kappa shape index (κ2) is 7.36. The number of aromatic carboxylic acids is 1. The van der Waals surface area contributed by atoms with Crippen LogP contribution in [-0.2, 0) is 0 Å². The Morgan fingerprint density at radius 3 is 2.53 bits per heavy atom. The van der Waals surface area contributed by atoms with Gasteiger partial charge >= 0.3 is 5.97 Å². The first-order valence-electron chi connectivity index (χ1n) is 6.49. The van der Waals surface area contributed by atoms with Gasteiger partial charge in [0.25, 0.3) is 0 Å². The van der Waals surface area contributed by atoms with Crippen molar-refractivity contribution in [2.75, 3.05) is 25.0 Å². The zero-order chi connectivity index (χ0) is 14.4. The van der Waals surface area contributed by atoms with Gasteiger partial charge in [-0.1, -0.05) is 25.4 Å². The lowest BCUT2D eigenvalue weighted by molar-refractivity contribution is 0.0697. The minimum absolute atomic E-state index is 0.201. The molecule has 106 valence electrons. The summed E-state index contributed by atoms with van der Waals surface area (Å²) in [6, 6.07) is 4.98. The summed E-state index contributed by atoms with van der Waals surface area (Å²) < 4.78 is 0. The zero-order valence-corrected chi connectivity index (χ0v) is 12.4. The molecule has 1 unspecified atom stereocenters. The molecule has 1 atom stereocenters. The van der Waals surface area contributed by atoms with Crippen molar-refractivity contribution in [3.63, 3.8) is 0 Å². The van der Waals surface area contributed by atoms with Crippen molar-refractivity contribution < 1.29 is 9.90 Å². The van der Waals surface area contributed by atoms with Crippen LogP contribution < -0.4 is 5.32 Å². The predicted molar refractivity (Wildman–Crippen MR) is 79.3 cm³/mol. The molecule has 0 aliphatic rings. The van der Waals surface area contributed by atoms with Crippen LogP contribution in [0.4, 0.5) is 5.69 Å². The summed E-state index contributed by atoms with van der Waals surface area (Å²) in [5.74, 6) is -0.968. The molecule has 4 nitrogen and oxygen atoms in total. The number of likely N-dealkylation sites (N-methyl/N-ethyl adjacent to an activating group) is 1. The quantitative estimate of drug-likeness (QED) is 0.807. The largest absolute Gasteiger partial charge is 0.478 e. The van der Waals surface area contributed by atoms with E-state index in [0.29, 0.717) is 5.02 Å². The summed E-state index contributed by atoms with van der Waals surface area (Å²) in [4.78, 5) is 13.1. The van der Waals surface area contributed by atoms with Crippen molar-refractivity contribution >= 4 is 23.3 Å². The van der Waals surface area contributed by atoms with Gasteiger partial charge in [-0.15, -0.1) is 0 Å². The number of nitrogens with zero attached hydrogens (tertiary/aromatic N) is 1. The van der Waals surface area contributed by atoms with Crippen molar-refractivity contribution in [3.05, 3.63) is 28.8 Å². The highest BCUT2D eigenvalue weighted by Crippen LogP contribution is 2.23. The maximum Gasteiger partial charge on any atom is 0.335 e. The van der Waals surface area contributed by atoms with Crippen molar-refractivity contribution in [3.8, 4) is 0 Å². The molecule has 5 heteroatoms. The normalized spacial score (nSPS) is 12.5. The first-order valence-corrected chi connectivity index (χ1v) is 6.87. The second-order valence-corrected chi connectivity index (χ2v) is 4.94. The van der Waals surface area contributed by atoms with E-state index < -0.39 is 5.97 Å². The van der Waals surface area contributed by atoms with Gasteiger partial charge in [0.1, 0.15) is 0 Å². The lowest BCUT2D eigenvalue weighted by Gasteiger charge is -2.24. The molecule has 0 aliphatic carbocycles. The number of nitrogens with one attached hydrogen (secondary N) is 1. The molecule has 0 aromatic heterocycles. The fraction of sp³-hybridized carbons (Fsp3) is 0.500. The molecule has 1 rings (SSSR count). The molecule has 0 bridgehead atoms. The molecule has 0 saturated heterocycles. The first kappa shape index (κ1) is 15.8. The van der Waals surface area contributed by atoms with E-state index in [1.165, 1.54) is 6.07 Å². The number of hydrogen-bond donors (Lipinski definition) is 2. The number of hydrogen-bond acceptors (Lipinski definition) is 3. The molecule has 0 spiro atoms. The molecule has 0 heterocycles. The van der Waals surface area contributed by atoms with Crippen LogP contribution in [0.2, 0.25) is 5.02 Å². The van der Waals surface area contributed by atoms with E-state index >= 15 is 0 Å².